The predicted octanol–water partition coefficient (Wildman–Crippen LogP) is 7.73. The van der Waals surface area contributed by atoms with Gasteiger partial charge >= 0.3 is 11.9 Å². The molecule has 0 aliphatic carbocycles. The van der Waals surface area contributed by atoms with Crippen LogP contribution in [0, 0.1) is 0 Å². The van der Waals surface area contributed by atoms with Gasteiger partial charge in [-0.15, -0.1) is 0 Å². The quantitative estimate of drug-likeness (QED) is 0.0279. The summed E-state index contributed by atoms with van der Waals surface area (Å²) in [4.78, 5) is 25.3. The summed E-state index contributed by atoms with van der Waals surface area (Å²) in [5, 5.41) is 30.8. The minimum Gasteiger partial charge on any atom is -0.462 e. The zero-order valence-corrected chi connectivity index (χ0v) is 34.0. The highest BCUT2D eigenvalue weighted by molar-refractivity contribution is 7.85. The molecule has 13 heteroatoms. The van der Waals surface area contributed by atoms with Crippen molar-refractivity contribution in [3.63, 3.8) is 0 Å². The summed E-state index contributed by atoms with van der Waals surface area (Å²) in [5.74, 6) is -1.97. The number of ether oxygens (including phenoxy) is 4. The lowest BCUT2D eigenvalue weighted by atomic mass is 10.00. The van der Waals surface area contributed by atoms with Crippen molar-refractivity contribution in [2.75, 3.05) is 19.0 Å². The first-order valence-electron chi connectivity index (χ1n) is 21.1. The van der Waals surface area contributed by atoms with E-state index in [-0.39, 0.29) is 19.4 Å². The second kappa shape index (κ2) is 31.8. The molecule has 0 bridgehead atoms. The van der Waals surface area contributed by atoms with Crippen molar-refractivity contribution < 1.29 is 56.8 Å². The Kier molecular flexibility index (Phi) is 29.8. The molecule has 314 valence electrons. The molecule has 1 aliphatic heterocycles. The van der Waals surface area contributed by atoms with Crippen LogP contribution in [0.1, 0.15) is 187 Å². The van der Waals surface area contributed by atoms with Gasteiger partial charge < -0.3 is 34.3 Å². The van der Waals surface area contributed by atoms with E-state index in [0.29, 0.717) is 12.8 Å². The molecule has 0 radical (unpaired) electrons. The van der Waals surface area contributed by atoms with Crippen molar-refractivity contribution in [3.8, 4) is 0 Å². The van der Waals surface area contributed by atoms with Gasteiger partial charge in [-0.05, 0) is 12.8 Å². The minimum absolute atomic E-state index is 0.172. The van der Waals surface area contributed by atoms with E-state index >= 15 is 0 Å². The van der Waals surface area contributed by atoms with Gasteiger partial charge in [-0.2, -0.15) is 8.42 Å². The Hall–Kier alpha value is -1.35. The Labute approximate surface area is 321 Å². The zero-order chi connectivity index (χ0) is 39.2. The predicted molar refractivity (Wildman–Crippen MR) is 206 cm³/mol. The number of hydrogen-bond acceptors (Lipinski definition) is 11. The Morgan fingerprint density at radius 2 is 0.962 bits per heavy atom. The number of rotatable bonds is 35. The summed E-state index contributed by atoms with van der Waals surface area (Å²) in [6.07, 6.45) is 20.1. The number of aliphatic hydroxyl groups is 3. The third-order valence-corrected chi connectivity index (χ3v) is 10.7. The lowest BCUT2D eigenvalue weighted by Gasteiger charge is -2.40. The second-order valence-electron chi connectivity index (χ2n) is 15.0. The molecule has 0 aromatic rings. The standard InChI is InChI=1S/C40H76O12S/c1-3-5-7-9-11-13-15-17-19-21-23-25-27-29-36(42)51-33(31-50-40-39(45)38(44)37(43)34(52-40)32-53(46,47)48)30-49-35(41)28-26-24-22-20-18-16-14-12-10-8-6-4-2/h33-34,37-40,43-45H,3-32H2,1-2H3,(H,46,47,48). The van der Waals surface area contributed by atoms with Gasteiger partial charge in [-0.1, -0.05) is 162 Å². The molecule has 1 heterocycles. The molecule has 1 fully saturated rings. The molecule has 6 unspecified atom stereocenters. The van der Waals surface area contributed by atoms with Crippen LogP contribution < -0.4 is 0 Å². The summed E-state index contributed by atoms with van der Waals surface area (Å²) < 4.78 is 53.9. The van der Waals surface area contributed by atoms with Gasteiger partial charge in [0.15, 0.2) is 12.4 Å². The largest absolute Gasteiger partial charge is 0.462 e. The van der Waals surface area contributed by atoms with Crippen LogP contribution in [0.4, 0.5) is 0 Å². The monoisotopic (exact) mass is 781 g/mol. The summed E-state index contributed by atoms with van der Waals surface area (Å²) in [6.45, 7) is 3.75. The number of carbonyl (C=O) groups excluding carboxylic acids is 2. The van der Waals surface area contributed by atoms with Crippen molar-refractivity contribution >= 4 is 22.1 Å². The van der Waals surface area contributed by atoms with Crippen molar-refractivity contribution in [1.29, 1.82) is 0 Å². The van der Waals surface area contributed by atoms with Crippen LogP contribution in [0.5, 0.6) is 0 Å². The van der Waals surface area contributed by atoms with Gasteiger partial charge in [0.2, 0.25) is 0 Å². The molecule has 0 amide bonds. The summed E-state index contributed by atoms with van der Waals surface area (Å²) >= 11 is 0. The number of unbranched alkanes of at least 4 members (excludes halogenated alkanes) is 23. The van der Waals surface area contributed by atoms with Crippen LogP contribution in [-0.4, -0.2) is 96.0 Å². The summed E-state index contributed by atoms with van der Waals surface area (Å²) in [5.41, 5.74) is 0. The normalized spacial score (nSPS) is 21.1. The lowest BCUT2D eigenvalue weighted by Crippen LogP contribution is -2.60. The molecule has 0 spiro atoms. The van der Waals surface area contributed by atoms with E-state index in [9.17, 15) is 37.9 Å². The molecular formula is C40H76O12S. The van der Waals surface area contributed by atoms with Crippen molar-refractivity contribution in [2.45, 2.75) is 224 Å². The third kappa shape index (κ3) is 27.0. The maximum absolute atomic E-state index is 12.7. The average Bonchev–Trinajstić information content (AvgIpc) is 3.12. The van der Waals surface area contributed by atoms with Gasteiger partial charge in [-0.25, -0.2) is 0 Å². The van der Waals surface area contributed by atoms with Gasteiger partial charge in [0.25, 0.3) is 10.1 Å². The number of esters is 2. The molecule has 1 saturated heterocycles. The van der Waals surface area contributed by atoms with E-state index in [1.54, 1.807) is 0 Å². The molecule has 53 heavy (non-hydrogen) atoms. The summed E-state index contributed by atoms with van der Waals surface area (Å²) in [7, 11) is -4.59. The molecule has 6 atom stereocenters. The number of carbonyl (C=O) groups is 2. The smallest absolute Gasteiger partial charge is 0.306 e. The fraction of sp³-hybridized carbons (Fsp3) is 0.950. The minimum atomic E-state index is -4.59. The van der Waals surface area contributed by atoms with Gasteiger partial charge in [-0.3, -0.25) is 14.1 Å². The Morgan fingerprint density at radius 3 is 1.38 bits per heavy atom. The molecule has 1 aliphatic rings. The van der Waals surface area contributed by atoms with E-state index in [1.807, 2.05) is 0 Å². The van der Waals surface area contributed by atoms with Gasteiger partial charge in [0, 0.05) is 12.8 Å². The molecule has 1 rings (SSSR count). The first-order chi connectivity index (χ1) is 25.5. The van der Waals surface area contributed by atoms with Crippen molar-refractivity contribution in [1.82, 2.24) is 0 Å². The highest BCUT2D eigenvalue weighted by Gasteiger charge is 2.46. The van der Waals surface area contributed by atoms with E-state index < -0.39 is 71.2 Å². The molecule has 0 aromatic carbocycles. The van der Waals surface area contributed by atoms with Crippen molar-refractivity contribution in [2.24, 2.45) is 0 Å². The molecule has 0 saturated carbocycles. The number of aliphatic hydroxyl groups excluding tert-OH is 3. The van der Waals surface area contributed by atoms with E-state index in [1.165, 1.54) is 109 Å². The Bertz CT molecular complexity index is 1010. The maximum Gasteiger partial charge on any atom is 0.306 e. The van der Waals surface area contributed by atoms with Crippen LogP contribution in [0.25, 0.3) is 0 Å². The first kappa shape index (κ1) is 49.7. The number of hydrogen-bond donors (Lipinski definition) is 4. The van der Waals surface area contributed by atoms with E-state index in [2.05, 4.69) is 13.8 Å². The molecule has 12 nitrogen and oxygen atoms in total. The fourth-order valence-corrected chi connectivity index (χ4v) is 7.31. The van der Waals surface area contributed by atoms with Gasteiger partial charge in [0.1, 0.15) is 36.8 Å². The highest BCUT2D eigenvalue weighted by Crippen LogP contribution is 2.24. The first-order valence-corrected chi connectivity index (χ1v) is 22.7. The van der Waals surface area contributed by atoms with Crippen molar-refractivity contribution in [3.05, 3.63) is 0 Å². The second-order valence-corrected chi connectivity index (χ2v) is 16.5. The molecule has 4 N–H and O–H groups in total. The topological polar surface area (TPSA) is 186 Å². The van der Waals surface area contributed by atoms with Crippen LogP contribution in [0.3, 0.4) is 0 Å². The average molecular weight is 781 g/mol. The van der Waals surface area contributed by atoms with Crippen LogP contribution in [0.2, 0.25) is 0 Å². The van der Waals surface area contributed by atoms with Crippen LogP contribution in [-0.2, 0) is 38.7 Å². The fourth-order valence-electron chi connectivity index (χ4n) is 6.62. The third-order valence-electron chi connectivity index (χ3n) is 9.94. The Morgan fingerprint density at radius 1 is 0.566 bits per heavy atom. The maximum atomic E-state index is 12.7. The zero-order valence-electron chi connectivity index (χ0n) is 33.1. The van der Waals surface area contributed by atoms with E-state index in [0.717, 1.165) is 38.5 Å². The lowest BCUT2D eigenvalue weighted by molar-refractivity contribution is -0.297. The van der Waals surface area contributed by atoms with Crippen LogP contribution in [0.15, 0.2) is 0 Å². The highest BCUT2D eigenvalue weighted by atomic mass is 32.2. The van der Waals surface area contributed by atoms with Crippen LogP contribution >= 0.6 is 0 Å². The summed E-state index contributed by atoms with van der Waals surface area (Å²) in [6, 6.07) is 0. The SMILES string of the molecule is CCCCCCCCCCCCCCCC(=O)OC(COC(=O)CCCCCCCCCCCCCC)COC1OC(CS(=O)(=O)O)C(O)C(O)C1O. The molecule has 0 aromatic heterocycles. The Balaban J connectivity index is 2.48. The van der Waals surface area contributed by atoms with E-state index in [4.69, 9.17) is 18.9 Å². The van der Waals surface area contributed by atoms with Gasteiger partial charge in [0.05, 0.1) is 6.61 Å². The molecular weight excluding hydrogens is 704 g/mol.